The predicted octanol–water partition coefficient (Wildman–Crippen LogP) is 4.37. The highest BCUT2D eigenvalue weighted by Crippen LogP contribution is 2.39. The number of carbonyl (C=O) groups excluding carboxylic acids is 1. The van der Waals surface area contributed by atoms with Crippen LogP contribution in [-0.4, -0.2) is 25.5 Å². The lowest BCUT2D eigenvalue weighted by Crippen LogP contribution is -2.31. The zero-order valence-electron chi connectivity index (χ0n) is 14.6. The zero-order valence-corrected chi connectivity index (χ0v) is 15.4. The SMILES string of the molecule is CSc1cc2c(cc1NC(=O)NC(C)c1ccccc1C)OCCO2. The largest absolute Gasteiger partial charge is 0.486 e. The van der Waals surface area contributed by atoms with Crippen molar-refractivity contribution in [3.8, 4) is 11.5 Å². The average molecular weight is 358 g/mol. The summed E-state index contributed by atoms with van der Waals surface area (Å²) in [6.45, 7) is 5.07. The van der Waals surface area contributed by atoms with E-state index in [1.54, 1.807) is 11.8 Å². The van der Waals surface area contributed by atoms with Crippen LogP contribution < -0.4 is 20.1 Å². The third-order valence-electron chi connectivity index (χ3n) is 4.12. The first-order valence-electron chi connectivity index (χ1n) is 8.19. The topological polar surface area (TPSA) is 59.6 Å². The molecule has 1 aliphatic heterocycles. The average Bonchev–Trinajstić information content (AvgIpc) is 2.61. The molecule has 0 aliphatic carbocycles. The van der Waals surface area contributed by atoms with Gasteiger partial charge in [-0.05, 0) is 37.3 Å². The van der Waals surface area contributed by atoms with Crippen molar-refractivity contribution in [3.05, 3.63) is 47.5 Å². The molecule has 0 radical (unpaired) electrons. The van der Waals surface area contributed by atoms with Gasteiger partial charge in [-0.15, -0.1) is 11.8 Å². The number of hydrogen-bond acceptors (Lipinski definition) is 4. The molecule has 2 amide bonds. The van der Waals surface area contributed by atoms with Crippen molar-refractivity contribution in [1.29, 1.82) is 0 Å². The lowest BCUT2D eigenvalue weighted by atomic mass is 10.0. The van der Waals surface area contributed by atoms with Crippen molar-refractivity contribution in [1.82, 2.24) is 5.32 Å². The number of benzene rings is 2. The second-order valence-electron chi connectivity index (χ2n) is 5.87. The van der Waals surface area contributed by atoms with Crippen LogP contribution in [0.15, 0.2) is 41.3 Å². The van der Waals surface area contributed by atoms with Gasteiger partial charge in [0.2, 0.25) is 0 Å². The van der Waals surface area contributed by atoms with Gasteiger partial charge in [-0.1, -0.05) is 24.3 Å². The number of carbonyl (C=O) groups is 1. The summed E-state index contributed by atoms with van der Waals surface area (Å²) < 4.78 is 11.2. The number of hydrogen-bond donors (Lipinski definition) is 2. The van der Waals surface area contributed by atoms with E-state index in [2.05, 4.69) is 10.6 Å². The fourth-order valence-corrected chi connectivity index (χ4v) is 3.40. The van der Waals surface area contributed by atoms with Crippen LogP contribution in [-0.2, 0) is 0 Å². The van der Waals surface area contributed by atoms with Gasteiger partial charge in [0.1, 0.15) is 13.2 Å². The third kappa shape index (κ3) is 4.02. The van der Waals surface area contributed by atoms with Gasteiger partial charge in [-0.3, -0.25) is 0 Å². The minimum atomic E-state index is -0.247. The molecule has 132 valence electrons. The molecule has 6 heteroatoms. The number of fused-ring (bicyclic) bond motifs is 1. The molecule has 1 aliphatic rings. The number of amides is 2. The molecule has 3 rings (SSSR count). The predicted molar refractivity (Wildman–Crippen MR) is 101 cm³/mol. The van der Waals surface area contributed by atoms with Crippen LogP contribution in [0.25, 0.3) is 0 Å². The molecule has 2 aromatic carbocycles. The van der Waals surface area contributed by atoms with Gasteiger partial charge in [-0.25, -0.2) is 4.79 Å². The number of aryl methyl sites for hydroxylation is 1. The molecule has 0 aromatic heterocycles. The highest BCUT2D eigenvalue weighted by Gasteiger charge is 2.18. The Hall–Kier alpha value is -2.34. The van der Waals surface area contributed by atoms with E-state index in [0.29, 0.717) is 24.7 Å². The molecule has 0 saturated heterocycles. The van der Waals surface area contributed by atoms with Gasteiger partial charge in [-0.2, -0.15) is 0 Å². The molecule has 2 aromatic rings. The normalized spacial score (nSPS) is 13.9. The number of anilines is 1. The molecule has 2 N–H and O–H groups in total. The lowest BCUT2D eigenvalue weighted by molar-refractivity contribution is 0.171. The summed E-state index contributed by atoms with van der Waals surface area (Å²) in [4.78, 5) is 13.4. The van der Waals surface area contributed by atoms with Crippen LogP contribution in [0.4, 0.5) is 10.5 Å². The summed E-state index contributed by atoms with van der Waals surface area (Å²) in [6, 6.07) is 11.4. The summed E-state index contributed by atoms with van der Waals surface area (Å²) in [5.74, 6) is 1.38. The Labute approximate surface area is 152 Å². The summed E-state index contributed by atoms with van der Waals surface area (Å²) >= 11 is 1.55. The Morgan fingerprint density at radius 1 is 1.16 bits per heavy atom. The van der Waals surface area contributed by atoms with Gasteiger partial charge in [0.25, 0.3) is 0 Å². The fourth-order valence-electron chi connectivity index (χ4n) is 2.84. The molecule has 0 saturated carbocycles. The summed E-state index contributed by atoms with van der Waals surface area (Å²) in [5, 5.41) is 5.91. The summed E-state index contributed by atoms with van der Waals surface area (Å²) in [7, 11) is 0. The van der Waals surface area contributed by atoms with Crippen LogP contribution in [0.5, 0.6) is 11.5 Å². The van der Waals surface area contributed by atoms with Crippen LogP contribution in [0, 0.1) is 6.92 Å². The van der Waals surface area contributed by atoms with Gasteiger partial charge >= 0.3 is 6.03 Å². The van der Waals surface area contributed by atoms with Crippen LogP contribution in [0.2, 0.25) is 0 Å². The van der Waals surface area contributed by atoms with Gasteiger partial charge < -0.3 is 20.1 Å². The molecular formula is C19H22N2O3S. The Kier molecular flexibility index (Phi) is 5.38. The van der Waals surface area contributed by atoms with E-state index < -0.39 is 0 Å². The van der Waals surface area contributed by atoms with E-state index in [4.69, 9.17) is 9.47 Å². The molecule has 25 heavy (non-hydrogen) atoms. The van der Waals surface area contributed by atoms with Crippen molar-refractivity contribution >= 4 is 23.5 Å². The van der Waals surface area contributed by atoms with E-state index in [1.165, 1.54) is 0 Å². The monoisotopic (exact) mass is 358 g/mol. The molecular weight excluding hydrogens is 336 g/mol. The van der Waals surface area contributed by atoms with Crippen molar-refractivity contribution in [2.24, 2.45) is 0 Å². The Morgan fingerprint density at radius 3 is 2.52 bits per heavy atom. The lowest BCUT2D eigenvalue weighted by Gasteiger charge is -2.22. The van der Waals surface area contributed by atoms with Crippen molar-refractivity contribution in [3.63, 3.8) is 0 Å². The molecule has 0 spiro atoms. The number of rotatable bonds is 4. The van der Waals surface area contributed by atoms with Crippen LogP contribution >= 0.6 is 11.8 Å². The molecule has 1 heterocycles. The van der Waals surface area contributed by atoms with Crippen LogP contribution in [0.3, 0.4) is 0 Å². The van der Waals surface area contributed by atoms with Crippen molar-refractivity contribution in [2.45, 2.75) is 24.8 Å². The first-order valence-corrected chi connectivity index (χ1v) is 9.41. The van der Waals surface area contributed by atoms with Gasteiger partial charge in [0.05, 0.1) is 11.7 Å². The third-order valence-corrected chi connectivity index (χ3v) is 4.89. The van der Waals surface area contributed by atoms with E-state index in [0.717, 1.165) is 21.8 Å². The number of ether oxygens (including phenoxy) is 2. The first kappa shape index (κ1) is 17.5. The molecule has 1 unspecified atom stereocenters. The fraction of sp³-hybridized carbons (Fsp3) is 0.316. The zero-order chi connectivity index (χ0) is 17.8. The second kappa shape index (κ2) is 7.70. The quantitative estimate of drug-likeness (QED) is 0.797. The van der Waals surface area contributed by atoms with Gasteiger partial charge in [0.15, 0.2) is 11.5 Å². The first-order chi connectivity index (χ1) is 12.1. The summed E-state index contributed by atoms with van der Waals surface area (Å²) in [5.41, 5.74) is 2.97. The Bertz CT molecular complexity index is 779. The molecule has 5 nitrogen and oxygen atoms in total. The molecule has 1 atom stereocenters. The summed E-state index contributed by atoms with van der Waals surface area (Å²) in [6.07, 6.45) is 1.96. The minimum Gasteiger partial charge on any atom is -0.486 e. The Morgan fingerprint density at radius 2 is 1.84 bits per heavy atom. The van der Waals surface area contributed by atoms with Crippen molar-refractivity contribution < 1.29 is 14.3 Å². The number of urea groups is 1. The highest BCUT2D eigenvalue weighted by atomic mass is 32.2. The van der Waals surface area contributed by atoms with E-state index in [9.17, 15) is 4.79 Å². The van der Waals surface area contributed by atoms with Gasteiger partial charge in [0, 0.05) is 11.0 Å². The van der Waals surface area contributed by atoms with Crippen molar-refractivity contribution in [2.75, 3.05) is 24.8 Å². The molecule has 0 bridgehead atoms. The van der Waals surface area contributed by atoms with E-state index in [-0.39, 0.29) is 12.1 Å². The second-order valence-corrected chi connectivity index (χ2v) is 6.72. The highest BCUT2D eigenvalue weighted by molar-refractivity contribution is 7.98. The number of thioether (sulfide) groups is 1. The van der Waals surface area contributed by atoms with E-state index in [1.807, 2.05) is 56.5 Å². The smallest absolute Gasteiger partial charge is 0.319 e. The standard InChI is InChI=1S/C19H22N2O3S/c1-12-6-4-5-7-14(12)13(2)20-19(22)21-15-10-16-17(11-18(15)25-3)24-9-8-23-16/h4-7,10-11,13H,8-9H2,1-3H3,(H2,20,21,22). The van der Waals surface area contributed by atoms with E-state index >= 15 is 0 Å². The maximum Gasteiger partial charge on any atom is 0.319 e. The number of nitrogens with one attached hydrogen (secondary N) is 2. The Balaban J connectivity index is 1.73. The molecule has 0 fully saturated rings. The maximum atomic E-state index is 12.4. The van der Waals surface area contributed by atoms with Crippen LogP contribution in [0.1, 0.15) is 24.1 Å². The maximum absolute atomic E-state index is 12.4. The minimum absolute atomic E-state index is 0.0869.